The van der Waals surface area contributed by atoms with E-state index in [2.05, 4.69) is 0 Å². The number of amides is 1. The van der Waals surface area contributed by atoms with Gasteiger partial charge in [0.25, 0.3) is 5.91 Å². The Labute approximate surface area is 159 Å². The molecule has 0 aliphatic rings. The van der Waals surface area contributed by atoms with Crippen molar-refractivity contribution in [2.75, 3.05) is 13.2 Å². The number of likely N-dealkylation sites (N-methyl/N-ethyl adjacent to an activating group) is 1. The fourth-order valence-corrected chi connectivity index (χ4v) is 3.57. The summed E-state index contributed by atoms with van der Waals surface area (Å²) in [7, 11) is 0. The SMILES string of the molecule is CCN(Cc1cccc(F)c1)C(=O)COC(=O)c1cc2cc(F)ccc2s1. The van der Waals surface area contributed by atoms with Crippen LogP contribution in [0.25, 0.3) is 10.1 Å². The summed E-state index contributed by atoms with van der Waals surface area (Å²) in [6.07, 6.45) is 0. The van der Waals surface area contributed by atoms with Crippen molar-refractivity contribution in [2.24, 2.45) is 0 Å². The molecule has 1 amide bonds. The summed E-state index contributed by atoms with van der Waals surface area (Å²) in [5.74, 6) is -1.76. The zero-order chi connectivity index (χ0) is 19.4. The topological polar surface area (TPSA) is 46.6 Å². The number of ether oxygens (including phenoxy) is 1. The number of carbonyl (C=O) groups excluding carboxylic acids is 2. The monoisotopic (exact) mass is 389 g/mol. The van der Waals surface area contributed by atoms with Crippen molar-refractivity contribution in [3.05, 3.63) is 70.6 Å². The average Bonchev–Trinajstić information content (AvgIpc) is 3.07. The molecule has 0 saturated carbocycles. The quantitative estimate of drug-likeness (QED) is 0.588. The van der Waals surface area contributed by atoms with E-state index in [1.807, 2.05) is 0 Å². The zero-order valence-corrected chi connectivity index (χ0v) is 15.4. The van der Waals surface area contributed by atoms with E-state index in [1.165, 1.54) is 40.5 Å². The molecular formula is C20H17F2NO3S. The van der Waals surface area contributed by atoms with Gasteiger partial charge in [0.05, 0.1) is 0 Å². The largest absolute Gasteiger partial charge is 0.451 e. The molecule has 1 heterocycles. The van der Waals surface area contributed by atoms with Gasteiger partial charge in [0.2, 0.25) is 0 Å². The molecule has 4 nitrogen and oxygen atoms in total. The van der Waals surface area contributed by atoms with Crippen LogP contribution >= 0.6 is 11.3 Å². The third-order valence-electron chi connectivity index (χ3n) is 4.00. The molecule has 3 rings (SSSR count). The molecule has 0 aliphatic heterocycles. The zero-order valence-electron chi connectivity index (χ0n) is 14.6. The Balaban J connectivity index is 1.61. The molecule has 3 aromatic rings. The van der Waals surface area contributed by atoms with Gasteiger partial charge in [-0.15, -0.1) is 11.3 Å². The van der Waals surface area contributed by atoms with E-state index in [9.17, 15) is 18.4 Å². The van der Waals surface area contributed by atoms with Crippen LogP contribution in [0.3, 0.4) is 0 Å². The minimum atomic E-state index is -0.633. The lowest BCUT2D eigenvalue weighted by molar-refractivity contribution is -0.134. The first kappa shape index (κ1) is 19.0. The fourth-order valence-electron chi connectivity index (χ4n) is 2.64. The van der Waals surface area contributed by atoms with Crippen LogP contribution in [0, 0.1) is 11.6 Å². The van der Waals surface area contributed by atoms with Crippen molar-refractivity contribution in [1.29, 1.82) is 0 Å². The second-order valence-corrected chi connectivity index (χ2v) is 6.99. The lowest BCUT2D eigenvalue weighted by atomic mass is 10.2. The van der Waals surface area contributed by atoms with E-state index < -0.39 is 12.6 Å². The molecule has 0 aliphatic carbocycles. The first-order chi connectivity index (χ1) is 13.0. The Kier molecular flexibility index (Phi) is 5.81. The van der Waals surface area contributed by atoms with E-state index in [-0.39, 0.29) is 24.1 Å². The summed E-state index contributed by atoms with van der Waals surface area (Å²) in [5, 5.41) is 0.611. The number of fused-ring (bicyclic) bond motifs is 1. The minimum Gasteiger partial charge on any atom is -0.451 e. The summed E-state index contributed by atoms with van der Waals surface area (Å²) < 4.78 is 32.4. The van der Waals surface area contributed by atoms with Crippen molar-refractivity contribution in [3.63, 3.8) is 0 Å². The van der Waals surface area contributed by atoms with Gasteiger partial charge in [0.1, 0.15) is 16.5 Å². The summed E-state index contributed by atoms with van der Waals surface area (Å²) in [6.45, 7) is 2.01. The molecule has 0 atom stereocenters. The van der Waals surface area contributed by atoms with Gasteiger partial charge in [0, 0.05) is 17.8 Å². The molecular weight excluding hydrogens is 372 g/mol. The molecule has 0 spiro atoms. The van der Waals surface area contributed by atoms with Gasteiger partial charge < -0.3 is 9.64 Å². The smallest absolute Gasteiger partial charge is 0.348 e. The van der Waals surface area contributed by atoms with Crippen LogP contribution in [0.1, 0.15) is 22.2 Å². The molecule has 0 fully saturated rings. The van der Waals surface area contributed by atoms with Crippen molar-refractivity contribution in [3.8, 4) is 0 Å². The molecule has 27 heavy (non-hydrogen) atoms. The van der Waals surface area contributed by atoms with Gasteiger partial charge in [-0.05, 0) is 54.3 Å². The number of rotatable bonds is 6. The van der Waals surface area contributed by atoms with Crippen LogP contribution in [0.15, 0.2) is 48.5 Å². The van der Waals surface area contributed by atoms with E-state index >= 15 is 0 Å². The molecule has 2 aromatic carbocycles. The van der Waals surface area contributed by atoms with Gasteiger partial charge >= 0.3 is 5.97 Å². The van der Waals surface area contributed by atoms with E-state index in [0.717, 1.165) is 4.70 Å². The third-order valence-corrected chi connectivity index (χ3v) is 5.10. The van der Waals surface area contributed by atoms with Crippen molar-refractivity contribution >= 4 is 33.3 Å². The highest BCUT2D eigenvalue weighted by molar-refractivity contribution is 7.20. The Morgan fingerprint density at radius 2 is 1.85 bits per heavy atom. The van der Waals surface area contributed by atoms with Gasteiger partial charge in [-0.2, -0.15) is 0 Å². The van der Waals surface area contributed by atoms with Gasteiger partial charge in [-0.3, -0.25) is 4.79 Å². The lowest BCUT2D eigenvalue weighted by Crippen LogP contribution is -2.34. The molecule has 0 saturated heterocycles. The van der Waals surface area contributed by atoms with E-state index in [4.69, 9.17) is 4.74 Å². The first-order valence-electron chi connectivity index (χ1n) is 8.34. The van der Waals surface area contributed by atoms with Crippen molar-refractivity contribution in [1.82, 2.24) is 4.90 Å². The predicted octanol–water partition coefficient (Wildman–Crippen LogP) is 4.39. The Bertz CT molecular complexity index is 986. The Hall–Kier alpha value is -2.80. The van der Waals surface area contributed by atoms with Crippen LogP contribution in [-0.4, -0.2) is 29.9 Å². The molecule has 1 aromatic heterocycles. The molecule has 0 N–H and O–H groups in total. The molecule has 7 heteroatoms. The van der Waals surface area contributed by atoms with Crippen LogP contribution in [0.4, 0.5) is 8.78 Å². The van der Waals surface area contributed by atoms with Crippen molar-refractivity contribution < 1.29 is 23.1 Å². The maximum absolute atomic E-state index is 13.3. The molecule has 0 bridgehead atoms. The normalized spacial score (nSPS) is 10.8. The summed E-state index contributed by atoms with van der Waals surface area (Å²) in [4.78, 5) is 26.3. The number of benzene rings is 2. The van der Waals surface area contributed by atoms with Gasteiger partial charge in [-0.1, -0.05) is 12.1 Å². The highest BCUT2D eigenvalue weighted by Gasteiger charge is 2.17. The summed E-state index contributed by atoms with van der Waals surface area (Å²) in [5.41, 5.74) is 0.656. The second-order valence-electron chi connectivity index (χ2n) is 5.91. The maximum atomic E-state index is 13.3. The van der Waals surface area contributed by atoms with Crippen LogP contribution in [-0.2, 0) is 16.1 Å². The number of carbonyl (C=O) groups is 2. The van der Waals surface area contributed by atoms with E-state index in [0.29, 0.717) is 22.4 Å². The van der Waals surface area contributed by atoms with Crippen LogP contribution in [0.2, 0.25) is 0 Å². The first-order valence-corrected chi connectivity index (χ1v) is 9.16. The lowest BCUT2D eigenvalue weighted by Gasteiger charge is -2.20. The third kappa shape index (κ3) is 4.68. The minimum absolute atomic E-state index is 0.229. The summed E-state index contributed by atoms with van der Waals surface area (Å²) in [6, 6.07) is 11.8. The van der Waals surface area contributed by atoms with Gasteiger partial charge in [0.15, 0.2) is 6.61 Å². The number of halogens is 2. The summed E-state index contributed by atoms with van der Waals surface area (Å²) >= 11 is 1.18. The molecule has 0 unspecified atom stereocenters. The number of thiophene rings is 1. The highest BCUT2D eigenvalue weighted by atomic mass is 32.1. The number of hydrogen-bond acceptors (Lipinski definition) is 4. The number of hydrogen-bond donors (Lipinski definition) is 0. The van der Waals surface area contributed by atoms with E-state index in [1.54, 1.807) is 31.2 Å². The highest BCUT2D eigenvalue weighted by Crippen LogP contribution is 2.26. The maximum Gasteiger partial charge on any atom is 0.348 e. The van der Waals surface area contributed by atoms with Gasteiger partial charge in [-0.25, -0.2) is 13.6 Å². The van der Waals surface area contributed by atoms with Crippen LogP contribution < -0.4 is 0 Å². The standard InChI is InChI=1S/C20H17F2NO3S/c1-2-23(11-13-4-3-5-15(21)8-13)19(24)12-26-20(25)18-10-14-9-16(22)6-7-17(14)27-18/h3-10H,2,11-12H2,1H3. The Morgan fingerprint density at radius 1 is 1.07 bits per heavy atom. The molecule has 0 radical (unpaired) electrons. The Morgan fingerprint density at radius 3 is 2.59 bits per heavy atom. The van der Waals surface area contributed by atoms with Crippen LogP contribution in [0.5, 0.6) is 0 Å². The molecule has 140 valence electrons. The number of esters is 1. The average molecular weight is 389 g/mol. The van der Waals surface area contributed by atoms with Crippen molar-refractivity contribution in [2.45, 2.75) is 13.5 Å². The fraction of sp³-hybridized carbons (Fsp3) is 0.200. The number of nitrogens with zero attached hydrogens (tertiary/aromatic N) is 1. The second kappa shape index (κ2) is 8.26. The predicted molar refractivity (Wildman–Crippen MR) is 99.6 cm³/mol.